The zero-order chi connectivity index (χ0) is 15.4. The second-order valence-electron chi connectivity index (χ2n) is 4.86. The van der Waals surface area contributed by atoms with Gasteiger partial charge in [0.05, 0.1) is 18.5 Å². The molecule has 1 aromatic carbocycles. The van der Waals surface area contributed by atoms with Crippen molar-refractivity contribution >= 4 is 11.9 Å². The second-order valence-corrected chi connectivity index (χ2v) is 4.86. The number of carbonyl (C=O) groups excluding carboxylic acids is 1. The zero-order valence-electron chi connectivity index (χ0n) is 11.9. The molecular weight excluding hydrogens is 272 g/mol. The molecule has 1 aromatic heterocycles. The van der Waals surface area contributed by atoms with Crippen LogP contribution >= 0.6 is 0 Å². The van der Waals surface area contributed by atoms with Crippen molar-refractivity contribution in [1.29, 1.82) is 0 Å². The first-order valence-corrected chi connectivity index (χ1v) is 6.44. The predicted octanol–water partition coefficient (Wildman–Crippen LogP) is 1.88. The number of rotatable bonds is 5. The zero-order valence-corrected chi connectivity index (χ0v) is 11.9. The smallest absolute Gasteiger partial charge is 0.335 e. The van der Waals surface area contributed by atoms with Gasteiger partial charge < -0.3 is 14.5 Å². The number of aromatic carboxylic acids is 1. The summed E-state index contributed by atoms with van der Waals surface area (Å²) in [6.07, 6.45) is 0.216. The fraction of sp³-hybridized carbons (Fsp3) is 0.267. The van der Waals surface area contributed by atoms with Crippen LogP contribution in [0, 0.1) is 6.92 Å². The fourth-order valence-electron chi connectivity index (χ4n) is 1.90. The minimum atomic E-state index is -0.980. The molecule has 0 spiro atoms. The van der Waals surface area contributed by atoms with Crippen LogP contribution in [0.5, 0.6) is 0 Å². The molecule has 0 radical (unpaired) electrons. The highest BCUT2D eigenvalue weighted by Crippen LogP contribution is 2.09. The maximum Gasteiger partial charge on any atom is 0.335 e. The number of aryl methyl sites for hydroxylation is 1. The number of amides is 1. The van der Waals surface area contributed by atoms with E-state index in [1.807, 2.05) is 0 Å². The first-order chi connectivity index (χ1) is 9.95. The molecule has 0 aliphatic heterocycles. The van der Waals surface area contributed by atoms with Crippen molar-refractivity contribution in [1.82, 2.24) is 10.1 Å². The summed E-state index contributed by atoms with van der Waals surface area (Å²) in [5.41, 5.74) is 1.68. The largest absolute Gasteiger partial charge is 0.478 e. The lowest BCUT2D eigenvalue weighted by Gasteiger charge is -2.15. The Balaban J connectivity index is 1.95. The Hall–Kier alpha value is -2.63. The minimum Gasteiger partial charge on any atom is -0.478 e. The second kappa shape index (κ2) is 6.21. The summed E-state index contributed by atoms with van der Waals surface area (Å²) in [4.78, 5) is 24.4. The van der Waals surface area contributed by atoms with Gasteiger partial charge in [-0.2, -0.15) is 0 Å². The molecule has 21 heavy (non-hydrogen) atoms. The van der Waals surface area contributed by atoms with Gasteiger partial charge in [-0.1, -0.05) is 17.3 Å². The first kappa shape index (κ1) is 14.8. The third-order valence-corrected chi connectivity index (χ3v) is 3.06. The Kier molecular flexibility index (Phi) is 4.37. The Bertz CT molecular complexity index is 646. The molecule has 0 fully saturated rings. The topological polar surface area (TPSA) is 83.6 Å². The van der Waals surface area contributed by atoms with Gasteiger partial charge in [0.25, 0.3) is 0 Å². The van der Waals surface area contributed by atoms with Gasteiger partial charge in [0.15, 0.2) is 0 Å². The van der Waals surface area contributed by atoms with Gasteiger partial charge >= 0.3 is 5.97 Å². The summed E-state index contributed by atoms with van der Waals surface area (Å²) < 4.78 is 4.96. The average Bonchev–Trinajstić information content (AvgIpc) is 2.84. The molecule has 2 aromatic rings. The number of carboxylic acid groups (broad SMARTS) is 1. The molecule has 0 bridgehead atoms. The van der Waals surface area contributed by atoms with Gasteiger partial charge in [-0.3, -0.25) is 4.79 Å². The number of carboxylic acids is 1. The summed E-state index contributed by atoms with van der Waals surface area (Å²) in [7, 11) is 1.69. The molecule has 6 heteroatoms. The van der Waals surface area contributed by atoms with E-state index < -0.39 is 5.97 Å². The number of hydrogen-bond donors (Lipinski definition) is 1. The lowest BCUT2D eigenvalue weighted by Crippen LogP contribution is -2.27. The van der Waals surface area contributed by atoms with Crippen LogP contribution in [-0.2, 0) is 17.8 Å². The van der Waals surface area contributed by atoms with Crippen molar-refractivity contribution in [2.75, 3.05) is 7.05 Å². The quantitative estimate of drug-likeness (QED) is 0.908. The molecule has 0 atom stereocenters. The highest BCUT2D eigenvalue weighted by atomic mass is 16.5. The molecule has 0 saturated heterocycles. The lowest BCUT2D eigenvalue weighted by molar-refractivity contribution is -0.129. The van der Waals surface area contributed by atoms with Crippen LogP contribution < -0.4 is 0 Å². The van der Waals surface area contributed by atoms with E-state index in [1.165, 1.54) is 12.1 Å². The van der Waals surface area contributed by atoms with Crippen LogP contribution in [0.2, 0.25) is 0 Å². The third kappa shape index (κ3) is 3.92. The van der Waals surface area contributed by atoms with E-state index in [9.17, 15) is 9.59 Å². The maximum absolute atomic E-state index is 12.1. The number of aromatic nitrogens is 1. The van der Waals surface area contributed by atoms with Crippen LogP contribution in [0.1, 0.15) is 27.4 Å². The molecule has 0 aliphatic carbocycles. The Morgan fingerprint density at radius 3 is 2.48 bits per heavy atom. The summed E-state index contributed by atoms with van der Waals surface area (Å²) in [5, 5.41) is 12.7. The van der Waals surface area contributed by atoms with Gasteiger partial charge in [0.1, 0.15) is 11.5 Å². The van der Waals surface area contributed by atoms with E-state index in [0.29, 0.717) is 18.0 Å². The van der Waals surface area contributed by atoms with Crippen molar-refractivity contribution in [2.45, 2.75) is 19.9 Å². The highest BCUT2D eigenvalue weighted by molar-refractivity contribution is 5.87. The Morgan fingerprint density at radius 1 is 1.29 bits per heavy atom. The van der Waals surface area contributed by atoms with Crippen LogP contribution in [0.3, 0.4) is 0 Å². The normalized spacial score (nSPS) is 10.4. The lowest BCUT2D eigenvalue weighted by atomic mass is 10.1. The summed E-state index contributed by atoms with van der Waals surface area (Å²) in [6.45, 7) is 2.17. The highest BCUT2D eigenvalue weighted by Gasteiger charge is 2.12. The molecular formula is C15H16N2O4. The van der Waals surface area contributed by atoms with E-state index >= 15 is 0 Å². The molecule has 1 amide bonds. The van der Waals surface area contributed by atoms with E-state index in [0.717, 1.165) is 5.56 Å². The maximum atomic E-state index is 12.1. The van der Waals surface area contributed by atoms with Gasteiger partial charge in [-0.15, -0.1) is 0 Å². The molecule has 1 N–H and O–H groups in total. The predicted molar refractivity (Wildman–Crippen MR) is 74.8 cm³/mol. The van der Waals surface area contributed by atoms with Crippen molar-refractivity contribution in [2.24, 2.45) is 0 Å². The van der Waals surface area contributed by atoms with Crippen LogP contribution in [0.15, 0.2) is 34.9 Å². The van der Waals surface area contributed by atoms with Gasteiger partial charge in [-0.05, 0) is 24.6 Å². The minimum absolute atomic E-state index is 0.0706. The number of nitrogens with zero attached hydrogens (tertiary/aromatic N) is 2. The van der Waals surface area contributed by atoms with Gasteiger partial charge in [0, 0.05) is 13.1 Å². The molecule has 110 valence electrons. The van der Waals surface area contributed by atoms with Gasteiger partial charge in [0.2, 0.25) is 5.91 Å². The SMILES string of the molecule is Cc1cc(CN(C)C(=O)Cc2ccc(C(=O)O)cc2)no1. The van der Waals surface area contributed by atoms with Crippen LogP contribution in [-0.4, -0.2) is 34.1 Å². The average molecular weight is 288 g/mol. The number of hydrogen-bond acceptors (Lipinski definition) is 4. The third-order valence-electron chi connectivity index (χ3n) is 3.06. The van der Waals surface area contributed by atoms with E-state index in [4.69, 9.17) is 9.63 Å². The fourth-order valence-corrected chi connectivity index (χ4v) is 1.90. The van der Waals surface area contributed by atoms with Gasteiger partial charge in [-0.25, -0.2) is 4.79 Å². The molecule has 0 saturated carbocycles. The molecule has 1 heterocycles. The van der Waals surface area contributed by atoms with E-state index in [2.05, 4.69) is 5.16 Å². The summed E-state index contributed by atoms with van der Waals surface area (Å²) in [6, 6.07) is 8.06. The summed E-state index contributed by atoms with van der Waals surface area (Å²) >= 11 is 0. The Labute approximate surface area is 122 Å². The molecule has 0 unspecified atom stereocenters. The summed E-state index contributed by atoms with van der Waals surface area (Å²) in [5.74, 6) is -0.347. The van der Waals surface area contributed by atoms with Crippen molar-refractivity contribution in [3.05, 3.63) is 52.9 Å². The number of benzene rings is 1. The number of carbonyl (C=O) groups is 2. The van der Waals surface area contributed by atoms with Crippen LogP contribution in [0.4, 0.5) is 0 Å². The van der Waals surface area contributed by atoms with Crippen molar-refractivity contribution in [3.63, 3.8) is 0 Å². The number of likely N-dealkylation sites (N-methyl/N-ethyl adjacent to an activating group) is 1. The van der Waals surface area contributed by atoms with E-state index in [-0.39, 0.29) is 17.9 Å². The first-order valence-electron chi connectivity index (χ1n) is 6.44. The molecule has 6 nitrogen and oxygen atoms in total. The monoisotopic (exact) mass is 288 g/mol. The van der Waals surface area contributed by atoms with Crippen molar-refractivity contribution < 1.29 is 19.2 Å². The standard InChI is InChI=1S/C15H16N2O4/c1-10-7-13(16-21-10)9-17(2)14(18)8-11-3-5-12(6-4-11)15(19)20/h3-7H,8-9H2,1-2H3,(H,19,20). The van der Waals surface area contributed by atoms with E-state index in [1.54, 1.807) is 37.1 Å². The van der Waals surface area contributed by atoms with Crippen molar-refractivity contribution in [3.8, 4) is 0 Å². The molecule has 2 rings (SSSR count). The molecule has 0 aliphatic rings. The van der Waals surface area contributed by atoms with Crippen LogP contribution in [0.25, 0.3) is 0 Å². The Morgan fingerprint density at radius 2 is 1.95 bits per heavy atom.